The number of hydrogen-bond donors (Lipinski definition) is 1. The lowest BCUT2D eigenvalue weighted by atomic mass is 10.3. The molecule has 0 radical (unpaired) electrons. The van der Waals surface area contributed by atoms with Crippen LogP contribution in [0.4, 0.5) is 4.39 Å². The van der Waals surface area contributed by atoms with Gasteiger partial charge in [-0.1, -0.05) is 0 Å². The Morgan fingerprint density at radius 3 is 2.38 bits per heavy atom. The Morgan fingerprint density at radius 1 is 1.15 bits per heavy atom. The largest absolute Gasteiger partial charge is 0.228 e. The van der Waals surface area contributed by atoms with Gasteiger partial charge >= 0.3 is 0 Å². The Morgan fingerprint density at radius 2 is 1.85 bits per heavy atom. The minimum Gasteiger partial charge on any atom is -0.228 e. The second-order valence-electron chi connectivity index (χ2n) is 2.58. The van der Waals surface area contributed by atoms with Gasteiger partial charge in [-0.15, -0.1) is 12.6 Å². The standard InChI is InChI=1S/C9H7FN2S/c10-7-1-3-8(4-2-7)12-9(13)5-6-11-12/h1-6,13H. The van der Waals surface area contributed by atoms with E-state index in [0.29, 0.717) is 0 Å². The molecule has 13 heavy (non-hydrogen) atoms. The first-order valence-electron chi connectivity index (χ1n) is 3.76. The van der Waals surface area contributed by atoms with Gasteiger partial charge < -0.3 is 0 Å². The van der Waals surface area contributed by atoms with E-state index in [1.807, 2.05) is 0 Å². The molecule has 2 rings (SSSR count). The highest BCUT2D eigenvalue weighted by Gasteiger charge is 2.00. The maximum absolute atomic E-state index is 12.6. The molecule has 0 spiro atoms. The number of thiol groups is 1. The van der Waals surface area contributed by atoms with Crippen LogP contribution in [0.3, 0.4) is 0 Å². The minimum atomic E-state index is -0.253. The van der Waals surface area contributed by atoms with Gasteiger partial charge in [0, 0.05) is 0 Å². The molecular formula is C9H7FN2S. The minimum absolute atomic E-state index is 0.253. The van der Waals surface area contributed by atoms with Gasteiger partial charge in [-0.3, -0.25) is 0 Å². The molecule has 0 saturated carbocycles. The van der Waals surface area contributed by atoms with Gasteiger partial charge in [0.2, 0.25) is 0 Å². The summed E-state index contributed by atoms with van der Waals surface area (Å²) < 4.78 is 14.2. The van der Waals surface area contributed by atoms with Gasteiger partial charge in [-0.05, 0) is 30.3 Å². The number of benzene rings is 1. The number of hydrogen-bond acceptors (Lipinski definition) is 2. The highest BCUT2D eigenvalue weighted by molar-refractivity contribution is 7.80. The van der Waals surface area contributed by atoms with Crippen LogP contribution in [-0.4, -0.2) is 9.78 Å². The normalized spacial score (nSPS) is 10.3. The van der Waals surface area contributed by atoms with Crippen LogP contribution >= 0.6 is 12.6 Å². The van der Waals surface area contributed by atoms with Crippen molar-refractivity contribution < 1.29 is 4.39 Å². The Hall–Kier alpha value is -1.29. The highest BCUT2D eigenvalue weighted by Crippen LogP contribution is 2.13. The lowest BCUT2D eigenvalue weighted by molar-refractivity contribution is 0.626. The maximum Gasteiger partial charge on any atom is 0.123 e. The third kappa shape index (κ3) is 1.58. The molecule has 0 aliphatic rings. The van der Waals surface area contributed by atoms with Crippen molar-refractivity contribution in [1.82, 2.24) is 9.78 Å². The van der Waals surface area contributed by atoms with Crippen molar-refractivity contribution in [1.29, 1.82) is 0 Å². The topological polar surface area (TPSA) is 17.8 Å². The molecule has 4 heteroatoms. The summed E-state index contributed by atoms with van der Waals surface area (Å²) in [5.41, 5.74) is 0.802. The molecule has 2 aromatic rings. The molecule has 0 unspecified atom stereocenters. The Bertz CT molecular complexity index is 408. The molecule has 0 fully saturated rings. The number of halogens is 1. The first-order chi connectivity index (χ1) is 6.27. The summed E-state index contributed by atoms with van der Waals surface area (Å²) in [4.78, 5) is 0. The van der Waals surface area contributed by atoms with E-state index in [1.54, 1.807) is 29.1 Å². The van der Waals surface area contributed by atoms with Crippen molar-refractivity contribution in [2.75, 3.05) is 0 Å². The number of nitrogens with zero attached hydrogens (tertiary/aromatic N) is 2. The molecule has 1 aromatic heterocycles. The van der Waals surface area contributed by atoms with Crippen LogP contribution in [0.25, 0.3) is 5.69 Å². The zero-order valence-electron chi connectivity index (χ0n) is 6.68. The SMILES string of the molecule is Fc1ccc(-n2nccc2S)cc1. The van der Waals surface area contributed by atoms with Crippen molar-refractivity contribution >= 4 is 12.6 Å². The second kappa shape index (κ2) is 3.22. The van der Waals surface area contributed by atoms with Crippen molar-refractivity contribution in [3.05, 3.63) is 42.3 Å². The van der Waals surface area contributed by atoms with Crippen molar-refractivity contribution in [3.8, 4) is 5.69 Å². The molecule has 0 aliphatic carbocycles. The molecule has 0 aliphatic heterocycles. The summed E-state index contributed by atoms with van der Waals surface area (Å²) in [6, 6.07) is 7.87. The van der Waals surface area contributed by atoms with E-state index in [9.17, 15) is 4.39 Å². The predicted molar refractivity (Wildman–Crippen MR) is 50.8 cm³/mol. The van der Waals surface area contributed by atoms with Crippen LogP contribution in [0, 0.1) is 5.82 Å². The molecule has 1 heterocycles. The number of aromatic nitrogens is 2. The van der Waals surface area contributed by atoms with E-state index in [0.717, 1.165) is 10.7 Å². The van der Waals surface area contributed by atoms with Gasteiger partial charge in [0.25, 0.3) is 0 Å². The quantitative estimate of drug-likeness (QED) is 0.690. The van der Waals surface area contributed by atoms with Crippen molar-refractivity contribution in [2.45, 2.75) is 5.03 Å². The Balaban J connectivity index is 2.47. The van der Waals surface area contributed by atoms with Crippen molar-refractivity contribution in [2.24, 2.45) is 0 Å². The van der Waals surface area contributed by atoms with E-state index in [1.165, 1.54) is 12.1 Å². The molecule has 1 aromatic carbocycles. The van der Waals surface area contributed by atoms with Crippen LogP contribution in [0.5, 0.6) is 0 Å². The fourth-order valence-electron chi connectivity index (χ4n) is 1.08. The molecule has 0 N–H and O–H groups in total. The third-order valence-electron chi connectivity index (χ3n) is 1.69. The first kappa shape index (κ1) is 8.31. The van der Waals surface area contributed by atoms with E-state index in [2.05, 4.69) is 17.7 Å². The number of rotatable bonds is 1. The molecule has 0 saturated heterocycles. The second-order valence-corrected chi connectivity index (χ2v) is 3.04. The summed E-state index contributed by atoms with van der Waals surface area (Å²) in [6.07, 6.45) is 1.64. The zero-order valence-corrected chi connectivity index (χ0v) is 7.58. The van der Waals surface area contributed by atoms with Gasteiger partial charge in [0.1, 0.15) is 5.82 Å². The monoisotopic (exact) mass is 194 g/mol. The third-order valence-corrected chi connectivity index (χ3v) is 2.03. The average Bonchev–Trinajstić information content (AvgIpc) is 2.53. The summed E-state index contributed by atoms with van der Waals surface area (Å²) in [5.74, 6) is -0.253. The molecule has 0 amide bonds. The maximum atomic E-state index is 12.6. The van der Waals surface area contributed by atoms with Crippen LogP contribution in [0.15, 0.2) is 41.6 Å². The van der Waals surface area contributed by atoms with E-state index in [-0.39, 0.29) is 5.82 Å². The summed E-state index contributed by atoms with van der Waals surface area (Å²) >= 11 is 4.19. The van der Waals surface area contributed by atoms with E-state index in [4.69, 9.17) is 0 Å². The van der Waals surface area contributed by atoms with Crippen molar-refractivity contribution in [3.63, 3.8) is 0 Å². The van der Waals surface area contributed by atoms with Crippen LogP contribution in [0.1, 0.15) is 0 Å². The Labute approximate surface area is 80.4 Å². The van der Waals surface area contributed by atoms with Crippen LogP contribution in [0.2, 0.25) is 0 Å². The van der Waals surface area contributed by atoms with Crippen LogP contribution in [-0.2, 0) is 0 Å². The summed E-state index contributed by atoms with van der Waals surface area (Å²) in [7, 11) is 0. The zero-order chi connectivity index (χ0) is 9.26. The molecule has 0 bridgehead atoms. The van der Waals surface area contributed by atoms with Gasteiger partial charge in [-0.2, -0.15) is 5.10 Å². The average molecular weight is 194 g/mol. The summed E-state index contributed by atoms with van der Waals surface area (Å²) in [6.45, 7) is 0. The Kier molecular flexibility index (Phi) is 2.06. The molecule has 66 valence electrons. The summed E-state index contributed by atoms with van der Waals surface area (Å²) in [5, 5.41) is 4.76. The smallest absolute Gasteiger partial charge is 0.123 e. The fourth-order valence-corrected chi connectivity index (χ4v) is 1.31. The molecule has 2 nitrogen and oxygen atoms in total. The van der Waals surface area contributed by atoms with Gasteiger partial charge in [0.05, 0.1) is 16.9 Å². The lowest BCUT2D eigenvalue weighted by Crippen LogP contribution is -1.96. The highest BCUT2D eigenvalue weighted by atomic mass is 32.1. The van der Waals surface area contributed by atoms with Gasteiger partial charge in [0.15, 0.2) is 0 Å². The lowest BCUT2D eigenvalue weighted by Gasteiger charge is -2.02. The van der Waals surface area contributed by atoms with E-state index < -0.39 is 0 Å². The van der Waals surface area contributed by atoms with Gasteiger partial charge in [-0.25, -0.2) is 9.07 Å². The molecule has 0 atom stereocenters. The predicted octanol–water partition coefficient (Wildman–Crippen LogP) is 2.30. The molecular weight excluding hydrogens is 187 g/mol. The van der Waals surface area contributed by atoms with Crippen LogP contribution < -0.4 is 0 Å². The fraction of sp³-hybridized carbons (Fsp3) is 0. The van der Waals surface area contributed by atoms with E-state index >= 15 is 0 Å². The first-order valence-corrected chi connectivity index (χ1v) is 4.21.